The minimum atomic E-state index is -0.429. The van der Waals surface area contributed by atoms with Crippen LogP contribution in [0.1, 0.15) is 31.9 Å². The van der Waals surface area contributed by atoms with Crippen LogP contribution in [0.25, 0.3) is 0 Å². The molecule has 0 amide bonds. The zero-order chi connectivity index (χ0) is 15.2. The van der Waals surface area contributed by atoms with Crippen molar-refractivity contribution < 1.29 is 4.92 Å². The zero-order valence-corrected chi connectivity index (χ0v) is 12.3. The summed E-state index contributed by atoms with van der Waals surface area (Å²) in [5, 5.41) is 10.7. The number of aromatic nitrogens is 1. The lowest BCUT2D eigenvalue weighted by Crippen LogP contribution is -2.28. The van der Waals surface area contributed by atoms with Gasteiger partial charge in [-0.1, -0.05) is 37.3 Å². The summed E-state index contributed by atoms with van der Waals surface area (Å²) in [4.78, 5) is 16.7. The van der Waals surface area contributed by atoms with E-state index in [0.29, 0.717) is 0 Å². The Kier molecular flexibility index (Phi) is 4.87. The van der Waals surface area contributed by atoms with Crippen molar-refractivity contribution >= 4 is 11.5 Å². The van der Waals surface area contributed by atoms with Gasteiger partial charge in [-0.15, -0.1) is 0 Å². The van der Waals surface area contributed by atoms with Gasteiger partial charge in [0.05, 0.1) is 11.0 Å². The average Bonchev–Trinajstić information content (AvgIpc) is 2.53. The van der Waals surface area contributed by atoms with Crippen LogP contribution in [-0.4, -0.2) is 16.5 Å². The maximum absolute atomic E-state index is 10.7. The summed E-state index contributed by atoms with van der Waals surface area (Å²) in [5.74, 6) is 0.763. The van der Waals surface area contributed by atoms with Gasteiger partial charge in [-0.25, -0.2) is 4.98 Å². The van der Waals surface area contributed by atoms with Gasteiger partial charge in [0.2, 0.25) is 0 Å². The SMILES string of the molecule is CCCN(c1ccc([N+](=O)[O-])cn1)[C@@H](C)c1ccccc1. The van der Waals surface area contributed by atoms with E-state index in [9.17, 15) is 10.1 Å². The average molecular weight is 285 g/mol. The van der Waals surface area contributed by atoms with Crippen LogP contribution in [0.3, 0.4) is 0 Å². The molecule has 0 aliphatic heterocycles. The van der Waals surface area contributed by atoms with Crippen molar-refractivity contribution in [3.63, 3.8) is 0 Å². The summed E-state index contributed by atoms with van der Waals surface area (Å²) < 4.78 is 0. The number of anilines is 1. The number of pyridine rings is 1. The normalized spacial score (nSPS) is 11.9. The molecule has 110 valence electrons. The van der Waals surface area contributed by atoms with Crippen LogP contribution in [0.5, 0.6) is 0 Å². The molecule has 0 radical (unpaired) electrons. The van der Waals surface area contributed by atoms with Gasteiger partial charge in [0.1, 0.15) is 12.0 Å². The summed E-state index contributed by atoms with van der Waals surface area (Å²) in [6, 6.07) is 13.6. The topological polar surface area (TPSA) is 59.3 Å². The largest absolute Gasteiger partial charge is 0.350 e. The van der Waals surface area contributed by atoms with Crippen LogP contribution in [-0.2, 0) is 0 Å². The van der Waals surface area contributed by atoms with E-state index in [-0.39, 0.29) is 11.7 Å². The van der Waals surface area contributed by atoms with E-state index in [2.05, 4.69) is 35.9 Å². The van der Waals surface area contributed by atoms with Gasteiger partial charge in [-0.3, -0.25) is 10.1 Å². The minimum Gasteiger partial charge on any atom is -0.350 e. The van der Waals surface area contributed by atoms with Gasteiger partial charge < -0.3 is 4.90 Å². The molecule has 1 aromatic carbocycles. The highest BCUT2D eigenvalue weighted by Gasteiger charge is 2.17. The first kappa shape index (κ1) is 15.0. The van der Waals surface area contributed by atoms with Crippen molar-refractivity contribution in [3.8, 4) is 0 Å². The molecule has 0 aliphatic rings. The maximum atomic E-state index is 10.7. The van der Waals surface area contributed by atoms with Crippen LogP contribution in [0.15, 0.2) is 48.7 Å². The van der Waals surface area contributed by atoms with E-state index in [1.807, 2.05) is 18.2 Å². The summed E-state index contributed by atoms with van der Waals surface area (Å²) in [6.07, 6.45) is 2.30. The molecule has 0 aliphatic carbocycles. The van der Waals surface area contributed by atoms with Crippen molar-refractivity contribution in [2.45, 2.75) is 26.3 Å². The van der Waals surface area contributed by atoms with E-state index >= 15 is 0 Å². The Morgan fingerprint density at radius 2 is 1.95 bits per heavy atom. The molecule has 21 heavy (non-hydrogen) atoms. The molecule has 0 bridgehead atoms. The van der Waals surface area contributed by atoms with E-state index in [4.69, 9.17) is 0 Å². The highest BCUT2D eigenvalue weighted by molar-refractivity contribution is 5.45. The fraction of sp³-hybridized carbons (Fsp3) is 0.312. The molecule has 1 aromatic heterocycles. The molecule has 5 heteroatoms. The number of hydrogen-bond donors (Lipinski definition) is 0. The second kappa shape index (κ2) is 6.83. The van der Waals surface area contributed by atoms with Gasteiger partial charge in [0, 0.05) is 12.6 Å². The summed E-state index contributed by atoms with van der Waals surface area (Å²) in [6.45, 7) is 5.07. The van der Waals surface area contributed by atoms with Crippen molar-refractivity contribution in [2.24, 2.45) is 0 Å². The molecule has 5 nitrogen and oxygen atoms in total. The fourth-order valence-corrected chi connectivity index (χ4v) is 2.32. The maximum Gasteiger partial charge on any atom is 0.287 e. The van der Waals surface area contributed by atoms with E-state index in [1.54, 1.807) is 6.07 Å². The highest BCUT2D eigenvalue weighted by Crippen LogP contribution is 2.26. The second-order valence-electron chi connectivity index (χ2n) is 4.91. The molecule has 0 saturated heterocycles. The Morgan fingerprint density at radius 3 is 2.48 bits per heavy atom. The molecule has 1 heterocycles. The molecule has 0 saturated carbocycles. The van der Waals surface area contributed by atoms with Gasteiger partial charge in [0.25, 0.3) is 5.69 Å². The summed E-state index contributed by atoms with van der Waals surface area (Å²) in [7, 11) is 0. The lowest BCUT2D eigenvalue weighted by atomic mass is 10.1. The number of nitrogens with zero attached hydrogens (tertiary/aromatic N) is 3. The summed E-state index contributed by atoms with van der Waals surface area (Å²) in [5.41, 5.74) is 1.22. The lowest BCUT2D eigenvalue weighted by Gasteiger charge is -2.30. The lowest BCUT2D eigenvalue weighted by molar-refractivity contribution is -0.385. The van der Waals surface area contributed by atoms with Gasteiger partial charge >= 0.3 is 0 Å². The van der Waals surface area contributed by atoms with Crippen LogP contribution < -0.4 is 4.90 Å². The first-order valence-electron chi connectivity index (χ1n) is 7.05. The smallest absolute Gasteiger partial charge is 0.287 e. The van der Waals surface area contributed by atoms with Crippen molar-refractivity contribution in [1.29, 1.82) is 0 Å². The van der Waals surface area contributed by atoms with Crippen LogP contribution >= 0.6 is 0 Å². The highest BCUT2D eigenvalue weighted by atomic mass is 16.6. The Labute approximate surface area is 124 Å². The molecule has 1 atom stereocenters. The van der Waals surface area contributed by atoms with Gasteiger partial charge in [-0.05, 0) is 25.0 Å². The van der Waals surface area contributed by atoms with Crippen molar-refractivity contribution in [3.05, 3.63) is 64.3 Å². The van der Waals surface area contributed by atoms with E-state index < -0.39 is 4.92 Å². The first-order valence-corrected chi connectivity index (χ1v) is 7.05. The molecular weight excluding hydrogens is 266 g/mol. The standard InChI is InChI=1S/C16H19N3O2/c1-3-11-18(13(2)14-7-5-4-6-8-14)16-10-9-15(12-17-16)19(20)21/h4-10,12-13H,3,11H2,1-2H3/t13-/m0/s1. The Bertz CT molecular complexity index is 584. The van der Waals surface area contributed by atoms with E-state index in [1.165, 1.54) is 17.8 Å². The zero-order valence-electron chi connectivity index (χ0n) is 12.3. The molecule has 0 unspecified atom stereocenters. The third-order valence-corrected chi connectivity index (χ3v) is 3.45. The molecule has 0 spiro atoms. The fourth-order valence-electron chi connectivity index (χ4n) is 2.32. The predicted octanol–water partition coefficient (Wildman–Crippen LogP) is 3.97. The second-order valence-corrected chi connectivity index (χ2v) is 4.91. The van der Waals surface area contributed by atoms with Crippen molar-refractivity contribution in [2.75, 3.05) is 11.4 Å². The van der Waals surface area contributed by atoms with Gasteiger partial charge in [-0.2, -0.15) is 0 Å². The Morgan fingerprint density at radius 1 is 1.24 bits per heavy atom. The molecule has 2 aromatic rings. The third kappa shape index (κ3) is 3.56. The first-order chi connectivity index (χ1) is 10.1. The molecule has 0 fully saturated rings. The Balaban J connectivity index is 2.28. The van der Waals surface area contributed by atoms with E-state index in [0.717, 1.165) is 18.8 Å². The molecule has 0 N–H and O–H groups in total. The number of nitro groups is 1. The van der Waals surface area contributed by atoms with Gasteiger partial charge in [0.15, 0.2) is 0 Å². The number of rotatable bonds is 6. The monoisotopic (exact) mass is 285 g/mol. The van der Waals surface area contributed by atoms with Crippen LogP contribution in [0.4, 0.5) is 11.5 Å². The molecular formula is C16H19N3O2. The van der Waals surface area contributed by atoms with Crippen LogP contribution in [0.2, 0.25) is 0 Å². The summed E-state index contributed by atoms with van der Waals surface area (Å²) >= 11 is 0. The quantitative estimate of drug-likeness (QED) is 0.595. The number of hydrogen-bond acceptors (Lipinski definition) is 4. The third-order valence-electron chi connectivity index (χ3n) is 3.45. The predicted molar refractivity (Wildman–Crippen MR) is 83.4 cm³/mol. The number of benzene rings is 1. The minimum absolute atomic E-state index is 0.0163. The Hall–Kier alpha value is -2.43. The molecule has 2 rings (SSSR count). The van der Waals surface area contributed by atoms with Crippen LogP contribution in [0, 0.1) is 10.1 Å². The van der Waals surface area contributed by atoms with Crippen molar-refractivity contribution in [1.82, 2.24) is 4.98 Å².